The first-order chi connectivity index (χ1) is 6.67. The molecule has 0 heterocycles. The van der Waals surface area contributed by atoms with Gasteiger partial charge in [-0.2, -0.15) is 0 Å². The fourth-order valence-corrected chi connectivity index (χ4v) is 1.23. The number of halogens is 1. The molecule has 0 amide bonds. The van der Waals surface area contributed by atoms with Crippen LogP contribution in [0.1, 0.15) is 12.5 Å². The second-order valence-corrected chi connectivity index (χ2v) is 3.30. The molecule has 0 atom stereocenters. The minimum atomic E-state index is -0.297. The van der Waals surface area contributed by atoms with Crippen LogP contribution in [0.3, 0.4) is 0 Å². The standard InChI is InChI=1S/C11H16FNO/c1-4-13(2)8-9-5-6-11(14-3)10(12)7-9/h5-7H,4,8H2,1-3H3. The molecule has 0 aliphatic heterocycles. The lowest BCUT2D eigenvalue weighted by Gasteiger charge is -2.14. The van der Waals surface area contributed by atoms with Gasteiger partial charge in [-0.05, 0) is 31.3 Å². The van der Waals surface area contributed by atoms with Gasteiger partial charge in [-0.25, -0.2) is 4.39 Å². The summed E-state index contributed by atoms with van der Waals surface area (Å²) in [7, 11) is 3.47. The summed E-state index contributed by atoms with van der Waals surface area (Å²) in [5.41, 5.74) is 0.965. The Hall–Kier alpha value is -1.09. The number of hydrogen-bond donors (Lipinski definition) is 0. The highest BCUT2D eigenvalue weighted by Gasteiger charge is 2.04. The van der Waals surface area contributed by atoms with Crippen LogP contribution in [0, 0.1) is 5.82 Å². The number of nitrogens with zero attached hydrogens (tertiary/aromatic N) is 1. The SMILES string of the molecule is CCN(C)Cc1ccc(OC)c(F)c1. The third-order valence-corrected chi connectivity index (χ3v) is 2.21. The highest BCUT2D eigenvalue weighted by molar-refractivity contribution is 5.29. The summed E-state index contributed by atoms with van der Waals surface area (Å²) in [6, 6.07) is 5.06. The van der Waals surface area contributed by atoms with Crippen LogP contribution in [0.2, 0.25) is 0 Å². The molecule has 0 radical (unpaired) electrons. The van der Waals surface area contributed by atoms with Crippen LogP contribution in [-0.2, 0) is 6.54 Å². The molecule has 1 aromatic carbocycles. The third-order valence-electron chi connectivity index (χ3n) is 2.21. The van der Waals surface area contributed by atoms with Crippen molar-refractivity contribution in [2.45, 2.75) is 13.5 Å². The van der Waals surface area contributed by atoms with Crippen molar-refractivity contribution in [3.8, 4) is 5.75 Å². The van der Waals surface area contributed by atoms with Crippen molar-refractivity contribution in [1.82, 2.24) is 4.90 Å². The summed E-state index contributed by atoms with van der Waals surface area (Å²) in [6.45, 7) is 3.78. The van der Waals surface area contributed by atoms with E-state index < -0.39 is 0 Å². The predicted octanol–water partition coefficient (Wildman–Crippen LogP) is 2.29. The number of methoxy groups -OCH3 is 1. The van der Waals surface area contributed by atoms with Gasteiger partial charge >= 0.3 is 0 Å². The molecule has 0 aliphatic rings. The van der Waals surface area contributed by atoms with Crippen LogP contribution in [-0.4, -0.2) is 25.6 Å². The summed E-state index contributed by atoms with van der Waals surface area (Å²) in [6.07, 6.45) is 0. The molecule has 0 spiro atoms. The molecular formula is C11H16FNO. The van der Waals surface area contributed by atoms with Gasteiger partial charge in [-0.15, -0.1) is 0 Å². The zero-order chi connectivity index (χ0) is 10.6. The Kier molecular flexibility index (Phi) is 3.89. The van der Waals surface area contributed by atoms with Gasteiger partial charge in [-0.3, -0.25) is 0 Å². The summed E-state index contributed by atoms with van der Waals surface area (Å²) in [4.78, 5) is 2.11. The molecule has 0 fully saturated rings. The van der Waals surface area contributed by atoms with Gasteiger partial charge in [0.1, 0.15) is 0 Å². The molecule has 0 aromatic heterocycles. The van der Waals surface area contributed by atoms with Crippen LogP contribution < -0.4 is 4.74 Å². The van der Waals surface area contributed by atoms with E-state index in [-0.39, 0.29) is 5.82 Å². The fourth-order valence-electron chi connectivity index (χ4n) is 1.23. The number of benzene rings is 1. The van der Waals surface area contributed by atoms with Crippen molar-refractivity contribution < 1.29 is 9.13 Å². The molecular weight excluding hydrogens is 181 g/mol. The van der Waals surface area contributed by atoms with Crippen LogP contribution in [0.15, 0.2) is 18.2 Å². The lowest BCUT2D eigenvalue weighted by atomic mass is 10.2. The van der Waals surface area contributed by atoms with E-state index in [1.807, 2.05) is 13.1 Å². The molecule has 3 heteroatoms. The van der Waals surface area contributed by atoms with Crippen molar-refractivity contribution >= 4 is 0 Å². The maximum Gasteiger partial charge on any atom is 0.165 e. The molecule has 0 saturated heterocycles. The quantitative estimate of drug-likeness (QED) is 0.734. The van der Waals surface area contributed by atoms with Crippen LogP contribution in [0.5, 0.6) is 5.75 Å². The fraction of sp³-hybridized carbons (Fsp3) is 0.455. The Bertz CT molecular complexity index is 301. The van der Waals surface area contributed by atoms with E-state index in [1.54, 1.807) is 6.07 Å². The van der Waals surface area contributed by atoms with Crippen LogP contribution in [0.25, 0.3) is 0 Å². The number of hydrogen-bond acceptors (Lipinski definition) is 2. The minimum absolute atomic E-state index is 0.297. The van der Waals surface area contributed by atoms with Gasteiger partial charge in [0.25, 0.3) is 0 Å². The van der Waals surface area contributed by atoms with Crippen molar-refractivity contribution in [3.05, 3.63) is 29.6 Å². The Morgan fingerprint density at radius 3 is 2.64 bits per heavy atom. The maximum absolute atomic E-state index is 13.3. The molecule has 0 N–H and O–H groups in total. The molecule has 0 aliphatic carbocycles. The smallest absolute Gasteiger partial charge is 0.165 e. The summed E-state index contributed by atoms with van der Waals surface area (Å²) < 4.78 is 18.1. The second-order valence-electron chi connectivity index (χ2n) is 3.30. The molecule has 78 valence electrons. The Morgan fingerprint density at radius 2 is 2.14 bits per heavy atom. The zero-order valence-corrected chi connectivity index (χ0v) is 8.88. The molecule has 0 bridgehead atoms. The van der Waals surface area contributed by atoms with Gasteiger partial charge in [0.2, 0.25) is 0 Å². The lowest BCUT2D eigenvalue weighted by molar-refractivity contribution is 0.343. The van der Waals surface area contributed by atoms with E-state index in [0.29, 0.717) is 5.75 Å². The van der Waals surface area contributed by atoms with Gasteiger partial charge < -0.3 is 9.64 Å². The number of rotatable bonds is 4. The van der Waals surface area contributed by atoms with Crippen molar-refractivity contribution in [3.63, 3.8) is 0 Å². The third kappa shape index (κ3) is 2.70. The average Bonchev–Trinajstić information content (AvgIpc) is 2.18. The highest BCUT2D eigenvalue weighted by atomic mass is 19.1. The molecule has 0 unspecified atom stereocenters. The van der Waals surface area contributed by atoms with E-state index in [0.717, 1.165) is 18.7 Å². The van der Waals surface area contributed by atoms with Gasteiger partial charge in [-0.1, -0.05) is 13.0 Å². The van der Waals surface area contributed by atoms with Crippen molar-refractivity contribution in [2.75, 3.05) is 20.7 Å². The van der Waals surface area contributed by atoms with Crippen LogP contribution in [0.4, 0.5) is 4.39 Å². The highest BCUT2D eigenvalue weighted by Crippen LogP contribution is 2.18. The number of ether oxygens (including phenoxy) is 1. The van der Waals surface area contributed by atoms with Gasteiger partial charge in [0, 0.05) is 6.54 Å². The predicted molar refractivity (Wildman–Crippen MR) is 55.0 cm³/mol. The molecule has 1 aromatic rings. The van der Waals surface area contributed by atoms with Gasteiger partial charge in [0.05, 0.1) is 7.11 Å². The van der Waals surface area contributed by atoms with Crippen molar-refractivity contribution in [1.29, 1.82) is 0 Å². The van der Waals surface area contributed by atoms with E-state index in [2.05, 4.69) is 11.8 Å². The normalized spacial score (nSPS) is 10.6. The first kappa shape index (κ1) is 11.0. The monoisotopic (exact) mass is 197 g/mol. The Labute approximate surface area is 84.3 Å². The molecule has 1 rings (SSSR count). The maximum atomic E-state index is 13.3. The summed E-state index contributed by atoms with van der Waals surface area (Å²) in [5.74, 6) is 0.00223. The first-order valence-corrected chi connectivity index (χ1v) is 4.68. The van der Waals surface area contributed by atoms with E-state index in [9.17, 15) is 4.39 Å². The Morgan fingerprint density at radius 1 is 1.43 bits per heavy atom. The molecule has 14 heavy (non-hydrogen) atoms. The van der Waals surface area contributed by atoms with E-state index in [4.69, 9.17) is 4.74 Å². The largest absolute Gasteiger partial charge is 0.494 e. The zero-order valence-electron chi connectivity index (χ0n) is 8.88. The molecule has 2 nitrogen and oxygen atoms in total. The summed E-state index contributed by atoms with van der Waals surface area (Å²) >= 11 is 0. The van der Waals surface area contributed by atoms with Crippen LogP contribution >= 0.6 is 0 Å². The first-order valence-electron chi connectivity index (χ1n) is 4.68. The van der Waals surface area contributed by atoms with E-state index >= 15 is 0 Å². The average molecular weight is 197 g/mol. The second kappa shape index (κ2) is 4.96. The minimum Gasteiger partial charge on any atom is -0.494 e. The molecule has 0 saturated carbocycles. The van der Waals surface area contributed by atoms with Crippen molar-refractivity contribution in [2.24, 2.45) is 0 Å². The Balaban J connectivity index is 2.76. The summed E-state index contributed by atoms with van der Waals surface area (Å²) in [5, 5.41) is 0. The lowest BCUT2D eigenvalue weighted by Crippen LogP contribution is -2.16. The van der Waals surface area contributed by atoms with Gasteiger partial charge in [0.15, 0.2) is 11.6 Å². The van der Waals surface area contributed by atoms with E-state index in [1.165, 1.54) is 13.2 Å². The topological polar surface area (TPSA) is 12.5 Å².